The maximum absolute atomic E-state index is 10.6. The highest BCUT2D eigenvalue weighted by atomic mass is 16.5. The number of esters is 1. The van der Waals surface area contributed by atoms with Gasteiger partial charge in [0.1, 0.15) is 6.10 Å². The van der Waals surface area contributed by atoms with Crippen LogP contribution in [-0.2, 0) is 9.53 Å². The molecule has 11 heavy (non-hydrogen) atoms. The molecule has 2 nitrogen and oxygen atoms in total. The van der Waals surface area contributed by atoms with Crippen LogP contribution >= 0.6 is 0 Å². The van der Waals surface area contributed by atoms with E-state index in [0.29, 0.717) is 0 Å². The molecule has 2 heteroatoms. The highest BCUT2D eigenvalue weighted by Crippen LogP contribution is 2.09. The lowest BCUT2D eigenvalue weighted by atomic mass is 10.2. The molecule has 1 rings (SSSR count). The number of hydrogen-bond donors (Lipinski definition) is 0. The summed E-state index contributed by atoms with van der Waals surface area (Å²) in [5.74, 6) is -0.222. The van der Waals surface area contributed by atoms with Crippen LogP contribution in [0.1, 0.15) is 19.8 Å². The third kappa shape index (κ3) is 2.58. The second kappa shape index (κ2) is 3.96. The first kappa shape index (κ1) is 8.05. The Bertz CT molecular complexity index is 192. The summed E-state index contributed by atoms with van der Waals surface area (Å²) >= 11 is 0. The van der Waals surface area contributed by atoms with E-state index in [-0.39, 0.29) is 12.1 Å². The number of allylic oxidation sites excluding steroid dienone is 1. The Morgan fingerprint density at radius 2 is 2.45 bits per heavy atom. The summed E-state index contributed by atoms with van der Waals surface area (Å²) < 4.78 is 4.91. The van der Waals surface area contributed by atoms with Gasteiger partial charge in [-0.25, -0.2) is 4.79 Å². The van der Waals surface area contributed by atoms with Crippen LogP contribution in [0.25, 0.3) is 0 Å². The van der Waals surface area contributed by atoms with E-state index in [2.05, 4.69) is 13.0 Å². The Balaban J connectivity index is 2.24. The molecule has 0 aliphatic carbocycles. The monoisotopic (exact) mass is 152 g/mol. The fourth-order valence-corrected chi connectivity index (χ4v) is 0.937. The Kier molecular flexibility index (Phi) is 2.90. The summed E-state index contributed by atoms with van der Waals surface area (Å²) in [7, 11) is 0. The maximum Gasteiger partial charge on any atom is 0.331 e. The van der Waals surface area contributed by atoms with Crippen LogP contribution in [0, 0.1) is 0 Å². The predicted molar refractivity (Wildman–Crippen MR) is 43.1 cm³/mol. The van der Waals surface area contributed by atoms with Gasteiger partial charge in [0.25, 0.3) is 0 Å². The number of hydrogen-bond acceptors (Lipinski definition) is 2. The summed E-state index contributed by atoms with van der Waals surface area (Å²) in [6.45, 7) is 2.08. The average molecular weight is 152 g/mol. The molecule has 1 heterocycles. The molecule has 0 aromatic carbocycles. The second-order valence-corrected chi connectivity index (χ2v) is 2.45. The van der Waals surface area contributed by atoms with E-state index in [4.69, 9.17) is 4.74 Å². The van der Waals surface area contributed by atoms with Crippen molar-refractivity contribution in [1.82, 2.24) is 0 Å². The van der Waals surface area contributed by atoms with Crippen molar-refractivity contribution >= 4 is 5.97 Å². The number of ether oxygens (including phenoxy) is 1. The molecule has 0 aromatic rings. The van der Waals surface area contributed by atoms with Gasteiger partial charge in [-0.1, -0.05) is 19.1 Å². The van der Waals surface area contributed by atoms with Gasteiger partial charge in [0, 0.05) is 12.5 Å². The van der Waals surface area contributed by atoms with Crippen LogP contribution in [0.3, 0.4) is 0 Å². The Morgan fingerprint density at radius 3 is 3.00 bits per heavy atom. The van der Waals surface area contributed by atoms with Crippen LogP contribution in [0.2, 0.25) is 0 Å². The molecule has 0 spiro atoms. The summed E-state index contributed by atoms with van der Waals surface area (Å²) in [5, 5.41) is 0. The molecule has 1 aliphatic rings. The lowest BCUT2D eigenvalue weighted by Gasteiger charge is -2.02. The first-order valence-electron chi connectivity index (χ1n) is 3.86. The molecule has 60 valence electrons. The molecule has 0 saturated heterocycles. The zero-order valence-corrected chi connectivity index (χ0v) is 6.62. The van der Waals surface area contributed by atoms with Gasteiger partial charge in [0.2, 0.25) is 0 Å². The summed E-state index contributed by atoms with van der Waals surface area (Å²) in [6, 6.07) is 0. The Morgan fingerprint density at radius 1 is 1.64 bits per heavy atom. The minimum absolute atomic E-state index is 0.0229. The van der Waals surface area contributed by atoms with Gasteiger partial charge in [-0.05, 0) is 12.5 Å². The molecule has 0 saturated carbocycles. The normalized spacial score (nSPS) is 23.0. The van der Waals surface area contributed by atoms with Crippen LogP contribution in [0.15, 0.2) is 24.3 Å². The molecule has 0 amide bonds. The lowest BCUT2D eigenvalue weighted by Crippen LogP contribution is -2.05. The topological polar surface area (TPSA) is 26.3 Å². The van der Waals surface area contributed by atoms with Gasteiger partial charge in [-0.15, -0.1) is 0 Å². The number of carbonyl (C=O) groups is 1. The number of cyclic esters (lactones) is 1. The molecule has 1 unspecified atom stereocenters. The van der Waals surface area contributed by atoms with Gasteiger partial charge >= 0.3 is 5.97 Å². The Labute approximate surface area is 66.5 Å². The first-order chi connectivity index (χ1) is 5.33. The number of carbonyl (C=O) groups excluding carboxylic acids is 1. The zero-order chi connectivity index (χ0) is 8.10. The fraction of sp³-hybridized carbons (Fsp3) is 0.444. The molecule has 0 fully saturated rings. The van der Waals surface area contributed by atoms with Crippen LogP contribution in [0.5, 0.6) is 0 Å². The third-order valence-electron chi connectivity index (χ3n) is 1.49. The van der Waals surface area contributed by atoms with Crippen LogP contribution in [0.4, 0.5) is 0 Å². The Hall–Kier alpha value is -1.05. The van der Waals surface area contributed by atoms with Crippen LogP contribution < -0.4 is 0 Å². The minimum Gasteiger partial charge on any atom is -0.455 e. The van der Waals surface area contributed by atoms with Gasteiger partial charge in [-0.3, -0.25) is 0 Å². The maximum atomic E-state index is 10.6. The van der Waals surface area contributed by atoms with Crippen molar-refractivity contribution in [3.05, 3.63) is 24.3 Å². The van der Waals surface area contributed by atoms with E-state index in [9.17, 15) is 4.79 Å². The van der Waals surface area contributed by atoms with E-state index in [1.165, 1.54) is 6.08 Å². The summed E-state index contributed by atoms with van der Waals surface area (Å²) in [5.41, 5.74) is 0. The minimum atomic E-state index is -0.222. The molecule has 1 aliphatic heterocycles. The first-order valence-corrected chi connectivity index (χ1v) is 3.86. The van der Waals surface area contributed by atoms with Crippen molar-refractivity contribution in [2.45, 2.75) is 25.9 Å². The van der Waals surface area contributed by atoms with E-state index in [0.717, 1.165) is 12.8 Å². The number of rotatable bonds is 3. The summed E-state index contributed by atoms with van der Waals surface area (Å²) in [6.07, 6.45) is 9.19. The quantitative estimate of drug-likeness (QED) is 0.455. The van der Waals surface area contributed by atoms with E-state index in [1.807, 2.05) is 6.08 Å². The van der Waals surface area contributed by atoms with Gasteiger partial charge in [-0.2, -0.15) is 0 Å². The fourth-order valence-electron chi connectivity index (χ4n) is 0.937. The van der Waals surface area contributed by atoms with E-state index >= 15 is 0 Å². The smallest absolute Gasteiger partial charge is 0.331 e. The van der Waals surface area contributed by atoms with Gasteiger partial charge in [0.05, 0.1) is 0 Å². The molecule has 0 N–H and O–H groups in total. The average Bonchev–Trinajstić information content (AvgIpc) is 2.37. The molecular weight excluding hydrogens is 140 g/mol. The molecule has 1 atom stereocenters. The predicted octanol–water partition coefficient (Wildman–Crippen LogP) is 1.82. The lowest BCUT2D eigenvalue weighted by molar-refractivity contribution is -0.138. The highest BCUT2D eigenvalue weighted by Gasteiger charge is 2.13. The molecule has 0 bridgehead atoms. The zero-order valence-electron chi connectivity index (χ0n) is 6.62. The van der Waals surface area contributed by atoms with Crippen molar-refractivity contribution in [3.63, 3.8) is 0 Å². The van der Waals surface area contributed by atoms with Crippen molar-refractivity contribution in [1.29, 1.82) is 0 Å². The van der Waals surface area contributed by atoms with E-state index < -0.39 is 0 Å². The van der Waals surface area contributed by atoms with Crippen molar-refractivity contribution in [3.8, 4) is 0 Å². The molecule has 0 radical (unpaired) electrons. The standard InChI is InChI=1S/C9H12O2/c1-2-3-4-5-8-6-7-9(10)11-8/h3-4,6-8H,2,5H2,1H3. The van der Waals surface area contributed by atoms with Crippen LogP contribution in [-0.4, -0.2) is 12.1 Å². The summed E-state index contributed by atoms with van der Waals surface area (Å²) in [4.78, 5) is 10.6. The van der Waals surface area contributed by atoms with Gasteiger partial charge in [0.15, 0.2) is 0 Å². The third-order valence-corrected chi connectivity index (χ3v) is 1.49. The van der Waals surface area contributed by atoms with Gasteiger partial charge < -0.3 is 4.74 Å². The molecular formula is C9H12O2. The second-order valence-electron chi connectivity index (χ2n) is 2.45. The van der Waals surface area contributed by atoms with Crippen molar-refractivity contribution in [2.24, 2.45) is 0 Å². The molecule has 0 aromatic heterocycles. The van der Waals surface area contributed by atoms with Crippen molar-refractivity contribution < 1.29 is 9.53 Å². The van der Waals surface area contributed by atoms with E-state index in [1.54, 1.807) is 6.08 Å². The highest BCUT2D eigenvalue weighted by molar-refractivity contribution is 5.84. The van der Waals surface area contributed by atoms with Crippen molar-refractivity contribution in [2.75, 3.05) is 0 Å². The largest absolute Gasteiger partial charge is 0.455 e. The SMILES string of the molecule is CCC=CCC1C=CC(=O)O1.